The number of β-lactam (4-membered cyclic amide) rings is 1. The molecule has 37 heavy (non-hydrogen) atoms. The summed E-state index contributed by atoms with van der Waals surface area (Å²) in [7, 11) is 1.56. The van der Waals surface area contributed by atoms with Crippen LogP contribution < -0.4 is 9.80 Å². The fourth-order valence-corrected chi connectivity index (χ4v) is 3.94. The highest BCUT2D eigenvalue weighted by Gasteiger charge is 2.51. The number of hydroxylamine groups is 1. The Morgan fingerprint density at radius 2 is 1.68 bits per heavy atom. The molecule has 1 fully saturated rings. The number of amides is 2. The van der Waals surface area contributed by atoms with Gasteiger partial charge in [0, 0.05) is 12.7 Å². The summed E-state index contributed by atoms with van der Waals surface area (Å²) in [6, 6.07) is 9.45. The summed E-state index contributed by atoms with van der Waals surface area (Å²) in [4.78, 5) is 49.4. The third kappa shape index (κ3) is 7.19. The Labute approximate surface area is 217 Å². The van der Waals surface area contributed by atoms with Crippen molar-refractivity contribution in [3.63, 3.8) is 0 Å². The Morgan fingerprint density at radius 1 is 1.03 bits per heavy atom. The van der Waals surface area contributed by atoms with Crippen molar-refractivity contribution in [3.8, 4) is 5.75 Å². The molecular formula is C27H35N3O7. The van der Waals surface area contributed by atoms with Gasteiger partial charge in [-0.05, 0) is 83.4 Å². The summed E-state index contributed by atoms with van der Waals surface area (Å²) in [6.45, 7) is 10.8. The topological polar surface area (TPSA) is 119 Å². The van der Waals surface area contributed by atoms with Gasteiger partial charge < -0.3 is 19.5 Å². The number of rotatable bonds is 8. The second-order valence-corrected chi connectivity index (χ2v) is 10.9. The van der Waals surface area contributed by atoms with Gasteiger partial charge >= 0.3 is 12.1 Å². The molecule has 2 heterocycles. The molecule has 1 aromatic heterocycles. The van der Waals surface area contributed by atoms with Crippen molar-refractivity contribution in [2.45, 2.75) is 71.8 Å². The number of aromatic nitrogens is 1. The number of carboxylic acid groups (broad SMARTS) is 1. The zero-order chi connectivity index (χ0) is 27.5. The first-order valence-corrected chi connectivity index (χ1v) is 12.0. The monoisotopic (exact) mass is 513 g/mol. The Balaban J connectivity index is 1.79. The second kappa shape index (κ2) is 10.8. The summed E-state index contributed by atoms with van der Waals surface area (Å²) in [5, 5.41) is 10.9. The smallest absolute Gasteiger partial charge is 0.440 e. The number of ether oxygens (including phenoxy) is 2. The Hall–Kier alpha value is -3.66. The highest BCUT2D eigenvalue weighted by Crippen LogP contribution is 2.33. The molecule has 1 aliphatic rings. The fourth-order valence-electron chi connectivity index (χ4n) is 3.94. The predicted molar refractivity (Wildman–Crippen MR) is 136 cm³/mol. The molecule has 2 aromatic rings. The van der Waals surface area contributed by atoms with E-state index in [-0.39, 0.29) is 24.7 Å². The van der Waals surface area contributed by atoms with Crippen LogP contribution in [-0.4, -0.2) is 57.3 Å². The summed E-state index contributed by atoms with van der Waals surface area (Å²) < 4.78 is 10.6. The number of benzene rings is 1. The van der Waals surface area contributed by atoms with E-state index in [1.165, 1.54) is 11.1 Å². The quantitative estimate of drug-likeness (QED) is 0.412. The number of pyridine rings is 1. The standard InChI is InChI=1S/C27H35N3O7/c1-26(2,3)36-25(34)30(37-27(4,5)6)21-15-18(12-13-28-21)14-20-22(24(32)33)29(23(20)31)16-17-8-10-19(35-7)11-9-17/h8-13,15,20,22H,14,16H2,1-7H3,(H,32,33). The van der Waals surface area contributed by atoms with Gasteiger partial charge in [0.05, 0.1) is 18.6 Å². The average molecular weight is 514 g/mol. The first-order valence-electron chi connectivity index (χ1n) is 12.0. The van der Waals surface area contributed by atoms with Gasteiger partial charge in [-0.25, -0.2) is 14.6 Å². The van der Waals surface area contributed by atoms with Gasteiger partial charge in [0.1, 0.15) is 17.4 Å². The Morgan fingerprint density at radius 3 is 2.22 bits per heavy atom. The van der Waals surface area contributed by atoms with Crippen molar-refractivity contribution in [1.29, 1.82) is 0 Å². The molecule has 0 bridgehead atoms. The number of carboxylic acids is 1. The van der Waals surface area contributed by atoms with Crippen molar-refractivity contribution in [1.82, 2.24) is 9.88 Å². The Bertz CT molecular complexity index is 1140. The first-order chi connectivity index (χ1) is 17.2. The highest BCUT2D eigenvalue weighted by atomic mass is 16.7. The van der Waals surface area contributed by atoms with E-state index in [4.69, 9.17) is 14.3 Å². The van der Waals surface area contributed by atoms with Crippen LogP contribution in [0.1, 0.15) is 52.7 Å². The fraction of sp³-hybridized carbons (Fsp3) is 0.481. The summed E-state index contributed by atoms with van der Waals surface area (Å²) >= 11 is 0. The van der Waals surface area contributed by atoms with Gasteiger partial charge in [-0.15, -0.1) is 5.06 Å². The lowest BCUT2D eigenvalue weighted by molar-refractivity contribution is -0.171. The van der Waals surface area contributed by atoms with E-state index in [2.05, 4.69) is 4.98 Å². The molecule has 2 amide bonds. The van der Waals surface area contributed by atoms with E-state index >= 15 is 0 Å². The largest absolute Gasteiger partial charge is 0.497 e. The molecule has 1 aromatic carbocycles. The number of carbonyl (C=O) groups excluding carboxylic acids is 2. The molecule has 10 heteroatoms. The third-order valence-electron chi connectivity index (χ3n) is 5.48. The second-order valence-electron chi connectivity index (χ2n) is 10.9. The van der Waals surface area contributed by atoms with Gasteiger partial charge in [-0.3, -0.25) is 9.63 Å². The van der Waals surface area contributed by atoms with Crippen LogP contribution in [0.3, 0.4) is 0 Å². The molecule has 10 nitrogen and oxygen atoms in total. The summed E-state index contributed by atoms with van der Waals surface area (Å²) in [6.07, 6.45) is 0.922. The van der Waals surface area contributed by atoms with Crippen LogP contribution in [0.5, 0.6) is 5.75 Å². The first kappa shape index (κ1) is 27.9. The summed E-state index contributed by atoms with van der Waals surface area (Å²) in [5.41, 5.74) is -0.0362. The van der Waals surface area contributed by atoms with E-state index in [0.29, 0.717) is 11.3 Å². The molecule has 0 spiro atoms. The zero-order valence-electron chi connectivity index (χ0n) is 22.3. The van der Waals surface area contributed by atoms with Gasteiger partial charge in [0.2, 0.25) is 5.91 Å². The average Bonchev–Trinajstić information content (AvgIpc) is 2.80. The Kier molecular flexibility index (Phi) is 8.12. The number of nitrogens with zero attached hydrogens (tertiary/aromatic N) is 3. The van der Waals surface area contributed by atoms with Gasteiger partial charge in [-0.1, -0.05) is 12.1 Å². The molecule has 1 aliphatic heterocycles. The van der Waals surface area contributed by atoms with Gasteiger partial charge in [0.25, 0.3) is 0 Å². The van der Waals surface area contributed by atoms with Crippen molar-refractivity contribution in [3.05, 3.63) is 53.7 Å². The van der Waals surface area contributed by atoms with Gasteiger partial charge in [0.15, 0.2) is 5.82 Å². The molecule has 3 rings (SSSR count). The highest BCUT2D eigenvalue weighted by molar-refractivity contribution is 5.96. The third-order valence-corrected chi connectivity index (χ3v) is 5.48. The maximum atomic E-state index is 13.0. The van der Waals surface area contributed by atoms with Crippen molar-refractivity contribution < 1.29 is 33.8 Å². The van der Waals surface area contributed by atoms with Crippen LogP contribution in [0.2, 0.25) is 0 Å². The van der Waals surface area contributed by atoms with Crippen molar-refractivity contribution in [2.24, 2.45) is 5.92 Å². The molecule has 2 atom stereocenters. The number of aliphatic carboxylic acids is 1. The van der Waals surface area contributed by atoms with E-state index in [9.17, 15) is 19.5 Å². The molecule has 0 saturated carbocycles. The molecule has 200 valence electrons. The lowest BCUT2D eigenvalue weighted by Gasteiger charge is -2.44. The zero-order valence-corrected chi connectivity index (χ0v) is 22.3. The molecular weight excluding hydrogens is 478 g/mol. The number of hydrogen-bond acceptors (Lipinski definition) is 7. The predicted octanol–water partition coefficient (Wildman–Crippen LogP) is 4.22. The molecule has 0 radical (unpaired) electrons. The van der Waals surface area contributed by atoms with Crippen molar-refractivity contribution in [2.75, 3.05) is 12.2 Å². The maximum Gasteiger partial charge on any atom is 0.440 e. The number of methoxy groups -OCH3 is 1. The number of hydrogen-bond donors (Lipinski definition) is 1. The summed E-state index contributed by atoms with van der Waals surface area (Å²) in [5.74, 6) is -1.22. The number of carbonyl (C=O) groups is 3. The van der Waals surface area contributed by atoms with E-state index in [1.54, 1.807) is 85.1 Å². The minimum atomic E-state index is -1.07. The van der Waals surface area contributed by atoms with Crippen LogP contribution in [-0.2, 0) is 32.1 Å². The van der Waals surface area contributed by atoms with Crippen LogP contribution in [0.25, 0.3) is 0 Å². The lowest BCUT2D eigenvalue weighted by atomic mass is 9.82. The van der Waals surface area contributed by atoms with E-state index < -0.39 is 35.2 Å². The van der Waals surface area contributed by atoms with Crippen LogP contribution >= 0.6 is 0 Å². The van der Waals surface area contributed by atoms with Crippen LogP contribution in [0, 0.1) is 5.92 Å². The van der Waals surface area contributed by atoms with Crippen LogP contribution in [0.15, 0.2) is 42.6 Å². The molecule has 1 N–H and O–H groups in total. The molecule has 2 unspecified atom stereocenters. The van der Waals surface area contributed by atoms with Gasteiger partial charge in [-0.2, -0.15) is 0 Å². The molecule has 1 saturated heterocycles. The minimum Gasteiger partial charge on any atom is -0.497 e. The maximum absolute atomic E-state index is 13.0. The normalized spacial score (nSPS) is 17.7. The van der Waals surface area contributed by atoms with E-state index in [0.717, 1.165) is 10.6 Å². The molecule has 0 aliphatic carbocycles. The number of anilines is 1. The lowest BCUT2D eigenvalue weighted by Crippen LogP contribution is -2.64. The van der Waals surface area contributed by atoms with Crippen molar-refractivity contribution >= 4 is 23.8 Å². The minimum absolute atomic E-state index is 0.169. The number of likely N-dealkylation sites (tertiary alicyclic amines) is 1. The van der Waals surface area contributed by atoms with Crippen LogP contribution in [0.4, 0.5) is 10.6 Å². The van der Waals surface area contributed by atoms with E-state index in [1.807, 2.05) is 0 Å². The SMILES string of the molecule is COc1ccc(CN2C(=O)C(Cc3ccnc(N(OC(C)(C)C)C(=O)OC(C)(C)C)c3)C2C(=O)O)cc1.